The minimum atomic E-state index is -4.14. The van der Waals surface area contributed by atoms with Crippen molar-refractivity contribution in [1.29, 1.82) is 0 Å². The Morgan fingerprint density at radius 1 is 0.829 bits per heavy atom. The first kappa shape index (κ1) is 28.1. The Labute approximate surface area is 238 Å². The number of fused-ring (bicyclic) bond motifs is 3. The molecule has 0 radical (unpaired) electrons. The number of carbonyl (C=O) groups excluding carboxylic acids is 2. The van der Waals surface area contributed by atoms with Crippen molar-refractivity contribution in [2.24, 2.45) is 5.73 Å². The van der Waals surface area contributed by atoms with Crippen LogP contribution in [0.15, 0.2) is 102 Å². The van der Waals surface area contributed by atoms with E-state index in [9.17, 15) is 18.0 Å². The van der Waals surface area contributed by atoms with Crippen LogP contribution in [0.2, 0.25) is 0 Å². The van der Waals surface area contributed by atoms with Crippen molar-refractivity contribution >= 4 is 22.1 Å². The Balaban J connectivity index is 1.35. The maximum Gasteiger partial charge on any atom is 0.339 e. The van der Waals surface area contributed by atoms with Gasteiger partial charge in [0.15, 0.2) is 0 Å². The van der Waals surface area contributed by atoms with E-state index >= 15 is 0 Å². The second kappa shape index (κ2) is 11.6. The molecule has 4 aromatic rings. The number of hydrogen-bond acceptors (Lipinski definition) is 8. The molecule has 5 rings (SSSR count). The zero-order valence-corrected chi connectivity index (χ0v) is 23.3. The molecule has 0 bridgehead atoms. The van der Waals surface area contributed by atoms with E-state index in [4.69, 9.17) is 19.4 Å². The van der Waals surface area contributed by atoms with E-state index < -0.39 is 34.0 Å². The molecule has 2 N–H and O–H groups in total. The predicted molar refractivity (Wildman–Crippen MR) is 153 cm³/mol. The second-order valence-corrected chi connectivity index (χ2v) is 11.4. The van der Waals surface area contributed by atoms with Gasteiger partial charge in [-0.2, -0.15) is 8.42 Å². The van der Waals surface area contributed by atoms with Gasteiger partial charge in [0.2, 0.25) is 0 Å². The van der Waals surface area contributed by atoms with E-state index in [2.05, 4.69) is 0 Å². The zero-order chi connectivity index (χ0) is 29.1. The third-order valence-electron chi connectivity index (χ3n) is 7.17. The van der Waals surface area contributed by atoms with Crippen molar-refractivity contribution in [3.05, 3.63) is 119 Å². The summed E-state index contributed by atoms with van der Waals surface area (Å²) in [7, 11) is -2.96. The molecular formula is C32H29NO7S. The molecule has 0 aliphatic heterocycles. The lowest BCUT2D eigenvalue weighted by molar-refractivity contribution is -0.152. The highest BCUT2D eigenvalue weighted by Gasteiger charge is 2.36. The number of aryl methyl sites for hydroxylation is 1. The molecule has 0 saturated heterocycles. The molecule has 9 heteroatoms. The summed E-state index contributed by atoms with van der Waals surface area (Å²) in [6.45, 7) is 1.87. The predicted octanol–water partition coefficient (Wildman–Crippen LogP) is 4.70. The number of methoxy groups -OCH3 is 1. The van der Waals surface area contributed by atoms with E-state index in [-0.39, 0.29) is 28.7 Å². The number of hydrogen-bond donors (Lipinski definition) is 1. The summed E-state index contributed by atoms with van der Waals surface area (Å²) in [6, 6.07) is 26.5. The first-order chi connectivity index (χ1) is 19.7. The average molecular weight is 572 g/mol. The fourth-order valence-corrected chi connectivity index (χ4v) is 6.02. The van der Waals surface area contributed by atoms with Gasteiger partial charge in [-0.3, -0.25) is 9.59 Å². The summed E-state index contributed by atoms with van der Waals surface area (Å²) in [6.07, 6.45) is 0. The smallest absolute Gasteiger partial charge is 0.339 e. The average Bonchev–Trinajstić information content (AvgIpc) is 3.29. The zero-order valence-electron chi connectivity index (χ0n) is 22.5. The van der Waals surface area contributed by atoms with Crippen molar-refractivity contribution < 1.29 is 31.7 Å². The normalized spacial score (nSPS) is 13.9. The van der Waals surface area contributed by atoms with Crippen LogP contribution in [0.1, 0.15) is 34.1 Å². The lowest BCUT2D eigenvalue weighted by Crippen LogP contribution is -2.42. The number of nitrogens with two attached hydrogens (primary N) is 1. The first-order valence-electron chi connectivity index (χ1n) is 13.0. The van der Waals surface area contributed by atoms with Gasteiger partial charge in [0.1, 0.15) is 29.2 Å². The van der Waals surface area contributed by atoms with Gasteiger partial charge in [-0.25, -0.2) is 0 Å². The third-order valence-corrected chi connectivity index (χ3v) is 8.44. The highest BCUT2D eigenvalue weighted by atomic mass is 32.2. The van der Waals surface area contributed by atoms with Crippen molar-refractivity contribution in [2.45, 2.75) is 29.7 Å². The van der Waals surface area contributed by atoms with Gasteiger partial charge >= 0.3 is 22.1 Å². The molecule has 8 nitrogen and oxygen atoms in total. The molecule has 2 atom stereocenters. The van der Waals surface area contributed by atoms with Gasteiger partial charge < -0.3 is 19.4 Å². The number of benzene rings is 4. The van der Waals surface area contributed by atoms with E-state index in [1.54, 1.807) is 18.2 Å². The summed E-state index contributed by atoms with van der Waals surface area (Å²) >= 11 is 0. The van der Waals surface area contributed by atoms with E-state index in [0.29, 0.717) is 0 Å². The summed E-state index contributed by atoms with van der Waals surface area (Å²) in [5.41, 5.74) is 11.7. The van der Waals surface area contributed by atoms with E-state index in [1.807, 2.05) is 55.5 Å². The van der Waals surface area contributed by atoms with Crippen LogP contribution < -0.4 is 9.92 Å². The highest BCUT2D eigenvalue weighted by molar-refractivity contribution is 7.87. The largest absolute Gasteiger partial charge is 0.468 e. The quantitative estimate of drug-likeness (QED) is 0.227. The summed E-state index contributed by atoms with van der Waals surface area (Å²) in [5.74, 6) is -3.05. The number of carbonyl (C=O) groups is 2. The van der Waals surface area contributed by atoms with Gasteiger partial charge in [0.25, 0.3) is 0 Å². The first-order valence-corrected chi connectivity index (χ1v) is 14.4. The van der Waals surface area contributed by atoms with Crippen LogP contribution in [0.5, 0.6) is 5.75 Å². The monoisotopic (exact) mass is 571 g/mol. The van der Waals surface area contributed by atoms with Gasteiger partial charge in [-0.15, -0.1) is 0 Å². The van der Waals surface area contributed by atoms with Crippen LogP contribution in [-0.4, -0.2) is 40.1 Å². The standard InChI is InChI=1S/C32H29NO7S/c1-20-14-16-23(17-15-20)41(36,37)40-22-9-7-8-21(18-22)29(31(34)38-2)30(33)32(35)39-19-28-26-12-5-3-10-24(26)25-11-4-6-13-27(25)28/h3-18,28-30H,19,33H2,1-2H3. The molecular weight excluding hydrogens is 542 g/mol. The third kappa shape index (κ3) is 5.73. The molecule has 0 heterocycles. The van der Waals surface area contributed by atoms with Crippen LogP contribution in [-0.2, 0) is 29.2 Å². The fourth-order valence-electron chi connectivity index (χ4n) is 5.09. The molecule has 0 fully saturated rings. The van der Waals surface area contributed by atoms with Crippen LogP contribution >= 0.6 is 0 Å². The Morgan fingerprint density at radius 3 is 2.05 bits per heavy atom. The number of esters is 2. The molecule has 0 spiro atoms. The Bertz CT molecular complexity index is 1650. The molecule has 0 saturated carbocycles. The number of rotatable bonds is 9. The Kier molecular flexibility index (Phi) is 7.92. The lowest BCUT2D eigenvalue weighted by Gasteiger charge is -2.22. The van der Waals surface area contributed by atoms with E-state index in [1.165, 1.54) is 37.4 Å². The SMILES string of the molecule is COC(=O)C(c1cccc(OS(=O)(=O)c2ccc(C)cc2)c1)C(N)C(=O)OCC1c2ccccc2-c2ccccc21. The van der Waals surface area contributed by atoms with Crippen molar-refractivity contribution in [3.63, 3.8) is 0 Å². The molecule has 2 unspecified atom stereocenters. The highest BCUT2D eigenvalue weighted by Crippen LogP contribution is 2.44. The summed E-state index contributed by atoms with van der Waals surface area (Å²) in [5, 5.41) is 0. The van der Waals surface area contributed by atoms with Crippen molar-refractivity contribution in [3.8, 4) is 16.9 Å². The van der Waals surface area contributed by atoms with Crippen molar-refractivity contribution in [2.75, 3.05) is 13.7 Å². The Hall–Kier alpha value is -4.47. The van der Waals surface area contributed by atoms with Crippen LogP contribution in [0.4, 0.5) is 0 Å². The van der Waals surface area contributed by atoms with Gasteiger partial charge in [-0.1, -0.05) is 78.4 Å². The summed E-state index contributed by atoms with van der Waals surface area (Å²) in [4.78, 5) is 26.0. The lowest BCUT2D eigenvalue weighted by atomic mass is 9.91. The molecule has 1 aliphatic carbocycles. The minimum absolute atomic E-state index is 0.0200. The minimum Gasteiger partial charge on any atom is -0.468 e. The van der Waals surface area contributed by atoms with Gasteiger partial charge in [0, 0.05) is 5.92 Å². The molecule has 41 heavy (non-hydrogen) atoms. The van der Waals surface area contributed by atoms with Gasteiger partial charge in [-0.05, 0) is 59.0 Å². The maximum atomic E-state index is 13.2. The molecule has 4 aromatic carbocycles. The van der Waals surface area contributed by atoms with Crippen LogP contribution in [0.25, 0.3) is 11.1 Å². The molecule has 0 aromatic heterocycles. The topological polar surface area (TPSA) is 122 Å². The van der Waals surface area contributed by atoms with Gasteiger partial charge in [0.05, 0.1) is 7.11 Å². The second-order valence-electron chi connectivity index (χ2n) is 9.81. The molecule has 1 aliphatic rings. The summed E-state index contributed by atoms with van der Waals surface area (Å²) < 4.78 is 41.5. The van der Waals surface area contributed by atoms with Crippen LogP contribution in [0.3, 0.4) is 0 Å². The van der Waals surface area contributed by atoms with Crippen molar-refractivity contribution in [1.82, 2.24) is 0 Å². The van der Waals surface area contributed by atoms with Crippen LogP contribution in [0, 0.1) is 6.92 Å². The Morgan fingerprint density at radius 2 is 1.44 bits per heavy atom. The van der Waals surface area contributed by atoms with E-state index in [0.717, 1.165) is 27.8 Å². The molecule has 210 valence electrons. The fraction of sp³-hybridized carbons (Fsp3) is 0.188. The molecule has 0 amide bonds. The number of ether oxygens (including phenoxy) is 2. The maximum absolute atomic E-state index is 13.2.